The van der Waals surface area contributed by atoms with Crippen LogP contribution in [0.4, 0.5) is 0 Å². The average Bonchev–Trinajstić information content (AvgIpc) is 2.39. The van der Waals surface area contributed by atoms with E-state index in [0.717, 1.165) is 0 Å². The molecule has 0 aromatic heterocycles. The van der Waals surface area contributed by atoms with Crippen LogP contribution in [0.5, 0.6) is 17.2 Å². The fourth-order valence-corrected chi connectivity index (χ4v) is 1.74. The van der Waals surface area contributed by atoms with Crippen molar-refractivity contribution in [1.82, 2.24) is 0 Å². The molecule has 0 aliphatic heterocycles. The lowest BCUT2D eigenvalue weighted by molar-refractivity contribution is 0.103. The molecular weight excluding hydrogens is 244 g/mol. The third-order valence-corrected chi connectivity index (χ3v) is 2.64. The van der Waals surface area contributed by atoms with E-state index in [4.69, 9.17) is 4.74 Å². The number of carbonyl (C=O) groups excluding carboxylic acids is 1. The van der Waals surface area contributed by atoms with Gasteiger partial charge in [-0.05, 0) is 43.3 Å². The molecule has 0 aliphatic rings. The number of hydrogen-bond donors (Lipinski definition) is 2. The van der Waals surface area contributed by atoms with Gasteiger partial charge in [-0.25, -0.2) is 0 Å². The average molecular weight is 258 g/mol. The predicted molar refractivity (Wildman–Crippen MR) is 70.8 cm³/mol. The number of aromatic hydroxyl groups is 2. The van der Waals surface area contributed by atoms with Crippen LogP contribution in [-0.4, -0.2) is 22.6 Å². The Kier molecular flexibility index (Phi) is 3.71. The molecule has 4 heteroatoms. The van der Waals surface area contributed by atoms with Crippen molar-refractivity contribution < 1.29 is 19.7 Å². The van der Waals surface area contributed by atoms with Gasteiger partial charge in [0.15, 0.2) is 5.78 Å². The lowest BCUT2D eigenvalue weighted by atomic mass is 10.0. The molecule has 0 saturated heterocycles. The van der Waals surface area contributed by atoms with Crippen molar-refractivity contribution in [3.63, 3.8) is 0 Å². The van der Waals surface area contributed by atoms with Crippen LogP contribution in [0.2, 0.25) is 0 Å². The van der Waals surface area contributed by atoms with Gasteiger partial charge in [0.25, 0.3) is 0 Å². The minimum atomic E-state index is -0.219. The van der Waals surface area contributed by atoms with E-state index in [-0.39, 0.29) is 17.3 Å². The molecule has 2 N–H and O–H groups in total. The van der Waals surface area contributed by atoms with Crippen LogP contribution >= 0.6 is 0 Å². The van der Waals surface area contributed by atoms with E-state index in [1.807, 2.05) is 0 Å². The zero-order valence-corrected chi connectivity index (χ0v) is 10.5. The number of phenols is 2. The highest BCUT2D eigenvalue weighted by atomic mass is 16.5. The van der Waals surface area contributed by atoms with Gasteiger partial charge in [0.1, 0.15) is 17.2 Å². The van der Waals surface area contributed by atoms with Crippen molar-refractivity contribution in [2.75, 3.05) is 6.61 Å². The molecule has 0 radical (unpaired) electrons. The summed E-state index contributed by atoms with van der Waals surface area (Å²) in [5, 5.41) is 18.6. The van der Waals surface area contributed by atoms with E-state index < -0.39 is 0 Å². The van der Waals surface area contributed by atoms with Gasteiger partial charge in [0.2, 0.25) is 0 Å². The zero-order chi connectivity index (χ0) is 13.8. The highest BCUT2D eigenvalue weighted by Gasteiger charge is 2.15. The Morgan fingerprint density at radius 3 is 2.32 bits per heavy atom. The molecule has 0 atom stereocenters. The van der Waals surface area contributed by atoms with E-state index in [9.17, 15) is 15.0 Å². The highest BCUT2D eigenvalue weighted by Crippen LogP contribution is 2.26. The first-order chi connectivity index (χ1) is 9.11. The molecule has 0 amide bonds. The monoisotopic (exact) mass is 258 g/mol. The predicted octanol–water partition coefficient (Wildman–Crippen LogP) is 2.73. The van der Waals surface area contributed by atoms with Crippen molar-refractivity contribution in [2.24, 2.45) is 0 Å². The van der Waals surface area contributed by atoms with Gasteiger partial charge in [-0.2, -0.15) is 0 Å². The highest BCUT2D eigenvalue weighted by molar-refractivity contribution is 6.10. The van der Waals surface area contributed by atoms with E-state index in [2.05, 4.69) is 0 Å². The summed E-state index contributed by atoms with van der Waals surface area (Å²) in [7, 11) is 0. The van der Waals surface area contributed by atoms with Crippen LogP contribution < -0.4 is 4.74 Å². The maximum absolute atomic E-state index is 12.3. The van der Waals surface area contributed by atoms with E-state index in [1.54, 1.807) is 19.1 Å². The molecule has 98 valence electrons. The normalized spacial score (nSPS) is 10.2. The summed E-state index contributed by atoms with van der Waals surface area (Å²) in [6, 6.07) is 10.4. The Bertz CT molecular complexity index is 588. The number of ether oxygens (including phenoxy) is 1. The first kappa shape index (κ1) is 13.0. The van der Waals surface area contributed by atoms with Crippen LogP contribution in [0.15, 0.2) is 42.5 Å². The summed E-state index contributed by atoms with van der Waals surface area (Å²) in [6.45, 7) is 2.21. The van der Waals surface area contributed by atoms with Gasteiger partial charge in [-0.3, -0.25) is 4.79 Å². The molecule has 0 spiro atoms. The second kappa shape index (κ2) is 5.44. The number of hydrogen-bond acceptors (Lipinski definition) is 4. The Morgan fingerprint density at radius 1 is 1.05 bits per heavy atom. The number of ketones is 1. The summed E-state index contributed by atoms with van der Waals surface area (Å²) >= 11 is 0. The Morgan fingerprint density at radius 2 is 1.68 bits per heavy atom. The molecule has 0 heterocycles. The third-order valence-electron chi connectivity index (χ3n) is 2.64. The molecule has 0 fully saturated rings. The van der Waals surface area contributed by atoms with Crippen molar-refractivity contribution in [3.05, 3.63) is 53.6 Å². The SMILES string of the molecule is CCOc1cc(O)ccc1C(=O)c1ccc(O)cc1. The van der Waals surface area contributed by atoms with E-state index in [0.29, 0.717) is 23.5 Å². The summed E-state index contributed by atoms with van der Waals surface area (Å²) < 4.78 is 5.35. The largest absolute Gasteiger partial charge is 0.508 e. The lowest BCUT2D eigenvalue weighted by Gasteiger charge is -2.10. The Hall–Kier alpha value is -2.49. The standard InChI is InChI=1S/C15H14O4/c1-2-19-14-9-12(17)7-8-13(14)15(18)10-3-5-11(16)6-4-10/h3-9,16-17H,2H2,1H3. The second-order valence-electron chi connectivity index (χ2n) is 3.99. The Labute approximate surface area is 110 Å². The summed E-state index contributed by atoms with van der Waals surface area (Å²) in [6.07, 6.45) is 0. The molecular formula is C15H14O4. The minimum absolute atomic E-state index is 0.0470. The number of carbonyl (C=O) groups is 1. The van der Waals surface area contributed by atoms with Crippen LogP contribution in [-0.2, 0) is 0 Å². The zero-order valence-electron chi connectivity index (χ0n) is 10.5. The summed E-state index contributed by atoms with van der Waals surface area (Å²) in [5.74, 6) is 0.280. The molecule has 0 bridgehead atoms. The topological polar surface area (TPSA) is 66.8 Å². The first-order valence-corrected chi connectivity index (χ1v) is 5.91. The van der Waals surface area contributed by atoms with Crippen LogP contribution in [0.25, 0.3) is 0 Å². The fourth-order valence-electron chi connectivity index (χ4n) is 1.74. The lowest BCUT2D eigenvalue weighted by Crippen LogP contribution is -2.05. The van der Waals surface area contributed by atoms with Crippen LogP contribution in [0.3, 0.4) is 0 Å². The first-order valence-electron chi connectivity index (χ1n) is 5.91. The van der Waals surface area contributed by atoms with E-state index >= 15 is 0 Å². The minimum Gasteiger partial charge on any atom is -0.508 e. The molecule has 2 aromatic rings. The second-order valence-corrected chi connectivity index (χ2v) is 3.99. The van der Waals surface area contributed by atoms with Gasteiger partial charge in [0, 0.05) is 11.6 Å². The quantitative estimate of drug-likeness (QED) is 0.827. The smallest absolute Gasteiger partial charge is 0.196 e. The molecule has 2 rings (SSSR count). The third kappa shape index (κ3) is 2.85. The maximum Gasteiger partial charge on any atom is 0.196 e. The number of rotatable bonds is 4. The fraction of sp³-hybridized carbons (Fsp3) is 0.133. The molecule has 0 unspecified atom stereocenters. The molecule has 0 aliphatic carbocycles. The van der Waals surface area contributed by atoms with Crippen molar-refractivity contribution >= 4 is 5.78 Å². The van der Waals surface area contributed by atoms with Crippen molar-refractivity contribution in [2.45, 2.75) is 6.92 Å². The molecule has 2 aromatic carbocycles. The van der Waals surface area contributed by atoms with Gasteiger partial charge >= 0.3 is 0 Å². The van der Waals surface area contributed by atoms with Gasteiger partial charge in [-0.1, -0.05) is 0 Å². The van der Waals surface area contributed by atoms with E-state index in [1.165, 1.54) is 30.3 Å². The van der Waals surface area contributed by atoms with Crippen LogP contribution in [0.1, 0.15) is 22.8 Å². The van der Waals surface area contributed by atoms with Crippen LogP contribution in [0, 0.1) is 0 Å². The molecule has 4 nitrogen and oxygen atoms in total. The van der Waals surface area contributed by atoms with Crippen molar-refractivity contribution in [1.29, 1.82) is 0 Å². The van der Waals surface area contributed by atoms with Gasteiger partial charge in [0.05, 0.1) is 12.2 Å². The molecule has 19 heavy (non-hydrogen) atoms. The summed E-state index contributed by atoms with van der Waals surface area (Å²) in [4.78, 5) is 12.3. The van der Waals surface area contributed by atoms with Gasteiger partial charge in [-0.15, -0.1) is 0 Å². The van der Waals surface area contributed by atoms with Crippen molar-refractivity contribution in [3.8, 4) is 17.2 Å². The maximum atomic E-state index is 12.3. The molecule has 0 saturated carbocycles. The Balaban J connectivity index is 2.40. The number of phenolic OH excluding ortho intramolecular Hbond substituents is 2. The summed E-state index contributed by atoms with van der Waals surface area (Å²) in [5.41, 5.74) is 0.829. The van der Waals surface area contributed by atoms with Gasteiger partial charge < -0.3 is 14.9 Å². The number of benzene rings is 2.